The average Bonchev–Trinajstić information content (AvgIpc) is 3.06. The minimum atomic E-state index is -4.85. The molecule has 2 aromatic rings. The maximum atomic E-state index is 12.7. The van der Waals surface area contributed by atoms with E-state index in [-0.39, 0.29) is 23.2 Å². The van der Waals surface area contributed by atoms with Crippen LogP contribution in [0.4, 0.5) is 35.0 Å². The highest BCUT2D eigenvalue weighted by atomic mass is 19.4. The molecule has 1 aliphatic heterocycles. The fraction of sp³-hybridized carbons (Fsp3) is 0.364. The fourth-order valence-corrected chi connectivity index (χ4v) is 4.17. The second kappa shape index (κ2) is 8.25. The highest BCUT2D eigenvalue weighted by Gasteiger charge is 2.48. The molecule has 170 valence electrons. The van der Waals surface area contributed by atoms with E-state index >= 15 is 0 Å². The van der Waals surface area contributed by atoms with E-state index in [2.05, 4.69) is 10.1 Å². The van der Waals surface area contributed by atoms with Gasteiger partial charge in [-0.15, -0.1) is 13.2 Å². The van der Waals surface area contributed by atoms with Gasteiger partial charge in [0.05, 0.1) is 17.9 Å². The molecule has 1 aliphatic carbocycles. The van der Waals surface area contributed by atoms with Crippen molar-refractivity contribution in [2.45, 2.75) is 37.6 Å². The van der Waals surface area contributed by atoms with Crippen LogP contribution in [0.25, 0.3) is 0 Å². The summed E-state index contributed by atoms with van der Waals surface area (Å²) in [6.07, 6.45) is -3.30. The van der Waals surface area contributed by atoms with E-state index in [1.807, 2.05) is 30.3 Å². The molecule has 3 N–H and O–H groups in total. The molecule has 1 spiro atoms. The summed E-state index contributed by atoms with van der Waals surface area (Å²) in [5.74, 6) is -1.19. The number of halogens is 3. The van der Waals surface area contributed by atoms with E-state index < -0.39 is 23.8 Å². The average molecular weight is 449 g/mol. The van der Waals surface area contributed by atoms with E-state index in [9.17, 15) is 22.8 Å². The summed E-state index contributed by atoms with van der Waals surface area (Å²) in [5, 5.41) is 2.60. The van der Waals surface area contributed by atoms with Crippen LogP contribution < -0.4 is 20.7 Å². The summed E-state index contributed by atoms with van der Waals surface area (Å²) in [6, 6.07) is 12.6. The third-order valence-electron chi connectivity index (χ3n) is 5.82. The lowest BCUT2D eigenvalue weighted by Gasteiger charge is -2.34. The molecule has 4 rings (SSSR count). The molecule has 2 aliphatic rings. The topological polar surface area (TPSA) is 93.9 Å². The first-order chi connectivity index (χ1) is 15.1. The number of anilines is 3. The van der Waals surface area contributed by atoms with Gasteiger partial charge in [0, 0.05) is 17.7 Å². The quantitative estimate of drug-likeness (QED) is 0.661. The Bertz CT molecular complexity index is 1010. The van der Waals surface area contributed by atoms with Gasteiger partial charge in [0.1, 0.15) is 11.4 Å². The molecular formula is C22H22F3N3O4. The van der Waals surface area contributed by atoms with E-state index in [0.717, 1.165) is 17.8 Å². The number of hydrogen-bond acceptors (Lipinski definition) is 5. The van der Waals surface area contributed by atoms with Gasteiger partial charge in [0.25, 0.3) is 0 Å². The number of nitrogen functional groups attached to an aromatic ring is 1. The first-order valence-corrected chi connectivity index (χ1v) is 10.2. The van der Waals surface area contributed by atoms with Crippen LogP contribution in [0.3, 0.4) is 0 Å². The van der Waals surface area contributed by atoms with E-state index in [1.165, 1.54) is 6.07 Å². The Labute approximate surface area is 182 Å². The highest BCUT2D eigenvalue weighted by Crippen LogP contribution is 2.41. The van der Waals surface area contributed by atoms with Gasteiger partial charge < -0.3 is 20.5 Å². The minimum Gasteiger partial charge on any atom is -0.441 e. The van der Waals surface area contributed by atoms with Crippen LogP contribution in [0.2, 0.25) is 0 Å². The fourth-order valence-electron chi connectivity index (χ4n) is 4.17. The van der Waals surface area contributed by atoms with Gasteiger partial charge in [0.15, 0.2) is 0 Å². The number of rotatable bonds is 4. The normalized spacial score (nSPS) is 23.2. The summed E-state index contributed by atoms with van der Waals surface area (Å²) < 4.78 is 46.9. The zero-order valence-corrected chi connectivity index (χ0v) is 17.0. The van der Waals surface area contributed by atoms with Gasteiger partial charge in [-0.1, -0.05) is 18.2 Å². The smallest absolute Gasteiger partial charge is 0.441 e. The number of nitrogens with two attached hydrogens (primary N) is 1. The Morgan fingerprint density at radius 1 is 1.16 bits per heavy atom. The maximum absolute atomic E-state index is 12.7. The van der Waals surface area contributed by atoms with E-state index in [1.54, 1.807) is 4.90 Å². The molecule has 0 bridgehead atoms. The molecular weight excluding hydrogens is 427 g/mol. The summed E-state index contributed by atoms with van der Waals surface area (Å²) in [4.78, 5) is 26.7. The highest BCUT2D eigenvalue weighted by molar-refractivity contribution is 5.96. The molecule has 10 heteroatoms. The Morgan fingerprint density at radius 2 is 1.84 bits per heavy atom. The Hall–Kier alpha value is -3.43. The number of nitrogens with zero attached hydrogens (tertiary/aromatic N) is 1. The van der Waals surface area contributed by atoms with Crippen LogP contribution in [0.5, 0.6) is 5.75 Å². The molecule has 32 heavy (non-hydrogen) atoms. The number of ether oxygens (including phenoxy) is 2. The van der Waals surface area contributed by atoms with Crippen LogP contribution in [0.15, 0.2) is 48.5 Å². The van der Waals surface area contributed by atoms with Gasteiger partial charge in [-0.3, -0.25) is 9.69 Å². The molecule has 0 radical (unpaired) electrons. The van der Waals surface area contributed by atoms with Crippen molar-refractivity contribution in [1.29, 1.82) is 0 Å². The largest absolute Gasteiger partial charge is 0.573 e. The second-order valence-corrected chi connectivity index (χ2v) is 8.03. The third-order valence-corrected chi connectivity index (χ3v) is 5.82. The van der Waals surface area contributed by atoms with Crippen molar-refractivity contribution in [2.75, 3.05) is 22.5 Å². The zero-order valence-electron chi connectivity index (χ0n) is 17.0. The summed E-state index contributed by atoms with van der Waals surface area (Å²) >= 11 is 0. The van der Waals surface area contributed by atoms with Gasteiger partial charge in [-0.2, -0.15) is 0 Å². The number of alkyl halides is 3. The minimum absolute atomic E-state index is 0.0552. The van der Waals surface area contributed by atoms with Crippen LogP contribution in [0, 0.1) is 5.92 Å². The summed E-state index contributed by atoms with van der Waals surface area (Å²) in [7, 11) is 0. The van der Waals surface area contributed by atoms with Gasteiger partial charge >= 0.3 is 12.5 Å². The number of carbonyl (C=O) groups excluding carboxylic acids is 2. The second-order valence-electron chi connectivity index (χ2n) is 8.03. The van der Waals surface area contributed by atoms with Crippen LogP contribution >= 0.6 is 0 Å². The van der Waals surface area contributed by atoms with Crippen molar-refractivity contribution in [3.8, 4) is 5.75 Å². The number of carbonyl (C=O) groups is 2. The van der Waals surface area contributed by atoms with E-state index in [0.29, 0.717) is 32.2 Å². The molecule has 2 fully saturated rings. The standard InChI is InChI=1S/C22H22F3N3O4/c23-22(24,25)31-16-6-7-17(26)18(12-16)27-19(29)14-8-10-21(11-9-14)13-28(20(30)32-21)15-4-2-1-3-5-15/h1-7,12,14H,8-11,13,26H2,(H,27,29)/t14-,21-. The first kappa shape index (κ1) is 21.8. The molecule has 0 aromatic heterocycles. The zero-order chi connectivity index (χ0) is 22.9. The molecule has 0 atom stereocenters. The van der Waals surface area contributed by atoms with Crippen molar-refractivity contribution < 1.29 is 32.2 Å². The van der Waals surface area contributed by atoms with Gasteiger partial charge in [0.2, 0.25) is 5.91 Å². The predicted octanol–water partition coefficient (Wildman–Crippen LogP) is 4.69. The van der Waals surface area contributed by atoms with E-state index in [4.69, 9.17) is 10.5 Å². The van der Waals surface area contributed by atoms with Crippen LogP contribution in [-0.2, 0) is 9.53 Å². The summed E-state index contributed by atoms with van der Waals surface area (Å²) in [5.41, 5.74) is 6.09. The number of benzene rings is 2. The molecule has 1 saturated heterocycles. The molecule has 7 nitrogen and oxygen atoms in total. The third kappa shape index (κ3) is 4.74. The summed E-state index contributed by atoms with van der Waals surface area (Å²) in [6.45, 7) is 0.411. The number of amides is 2. The lowest BCUT2D eigenvalue weighted by atomic mass is 9.78. The number of hydrogen-bond donors (Lipinski definition) is 2. The van der Waals surface area contributed by atoms with Gasteiger partial charge in [-0.05, 0) is 49.9 Å². The molecule has 0 unspecified atom stereocenters. The van der Waals surface area contributed by atoms with Crippen molar-refractivity contribution in [1.82, 2.24) is 0 Å². The number of nitrogens with one attached hydrogen (secondary N) is 1. The Morgan fingerprint density at radius 3 is 2.50 bits per heavy atom. The molecule has 1 saturated carbocycles. The molecule has 2 aromatic carbocycles. The van der Waals surface area contributed by atoms with Gasteiger partial charge in [-0.25, -0.2) is 4.79 Å². The van der Waals surface area contributed by atoms with Crippen molar-refractivity contribution in [3.63, 3.8) is 0 Å². The molecule has 1 heterocycles. The Balaban J connectivity index is 1.37. The van der Waals surface area contributed by atoms with Crippen molar-refractivity contribution >= 4 is 29.1 Å². The monoisotopic (exact) mass is 449 g/mol. The predicted molar refractivity (Wildman–Crippen MR) is 111 cm³/mol. The van der Waals surface area contributed by atoms with Crippen LogP contribution in [-0.4, -0.2) is 30.5 Å². The van der Waals surface area contributed by atoms with Crippen LogP contribution in [0.1, 0.15) is 25.7 Å². The maximum Gasteiger partial charge on any atom is 0.573 e. The lowest BCUT2D eigenvalue weighted by molar-refractivity contribution is -0.274. The van der Waals surface area contributed by atoms with Crippen molar-refractivity contribution in [2.24, 2.45) is 5.92 Å². The Kier molecular flexibility index (Phi) is 5.62. The SMILES string of the molecule is Nc1ccc(OC(F)(F)F)cc1NC(=O)[C@H]1CC[C@]2(CC1)CN(c1ccccc1)C(=O)O2. The molecule has 2 amide bonds. The number of para-hydroxylation sites is 1. The lowest BCUT2D eigenvalue weighted by Crippen LogP contribution is -2.41. The van der Waals surface area contributed by atoms with Crippen molar-refractivity contribution in [3.05, 3.63) is 48.5 Å². The first-order valence-electron chi connectivity index (χ1n) is 10.2.